The van der Waals surface area contributed by atoms with Gasteiger partial charge in [-0.3, -0.25) is 15.0 Å². The fourth-order valence-electron chi connectivity index (χ4n) is 5.87. The standard InChI is InChI=1S/C34H18N6O.Pt/c1-2-5-21(6-3-1)24-7-4-8-29-30(24)25-11-9-22(19-27(25)32-37-15-17-39(29)32)41-23-10-12-26-28(20-23)33-38-16-18-40(33)34-31(26)35-13-14-36-34;/h1-18H;/q-2;+2. The van der Waals surface area contributed by atoms with Crippen LogP contribution in [0.15, 0.2) is 110 Å². The zero-order valence-electron chi connectivity index (χ0n) is 21.8. The largest absolute Gasteiger partial charge is 2.00 e. The van der Waals surface area contributed by atoms with E-state index in [-0.39, 0.29) is 21.1 Å². The van der Waals surface area contributed by atoms with Gasteiger partial charge in [-0.2, -0.15) is 0 Å². The van der Waals surface area contributed by atoms with Crippen molar-refractivity contribution in [2.45, 2.75) is 0 Å². The third-order valence-corrected chi connectivity index (χ3v) is 7.60. The van der Waals surface area contributed by atoms with Gasteiger partial charge in [0.1, 0.15) is 5.65 Å². The molecular weight excluding hydrogens is 703 g/mol. The van der Waals surface area contributed by atoms with Crippen LogP contribution in [0.3, 0.4) is 0 Å². The number of hydrogen-bond donors (Lipinski definition) is 0. The van der Waals surface area contributed by atoms with Gasteiger partial charge in [-0.25, -0.2) is 4.98 Å². The predicted molar refractivity (Wildman–Crippen MR) is 159 cm³/mol. The zero-order chi connectivity index (χ0) is 26.9. The molecule has 0 bridgehead atoms. The Labute approximate surface area is 253 Å². The zero-order valence-corrected chi connectivity index (χ0v) is 24.1. The molecule has 0 saturated heterocycles. The smallest absolute Gasteiger partial charge is 0.497 e. The van der Waals surface area contributed by atoms with Crippen LogP contribution in [0.2, 0.25) is 0 Å². The van der Waals surface area contributed by atoms with Gasteiger partial charge < -0.3 is 13.5 Å². The van der Waals surface area contributed by atoms with E-state index in [1.807, 2.05) is 47.3 Å². The monoisotopic (exact) mass is 721 g/mol. The Bertz CT molecular complexity index is 2470. The third-order valence-electron chi connectivity index (χ3n) is 7.60. The van der Waals surface area contributed by atoms with Crippen molar-refractivity contribution < 1.29 is 25.8 Å². The summed E-state index contributed by atoms with van der Waals surface area (Å²) in [6.45, 7) is 0. The molecule has 4 aromatic carbocycles. The second kappa shape index (κ2) is 9.47. The van der Waals surface area contributed by atoms with Crippen LogP contribution in [-0.4, -0.2) is 28.7 Å². The van der Waals surface area contributed by atoms with Crippen LogP contribution >= 0.6 is 0 Å². The minimum atomic E-state index is 0. The molecule has 0 N–H and O–H groups in total. The average Bonchev–Trinajstić information content (AvgIpc) is 3.73. The Morgan fingerprint density at radius 2 is 1.24 bits per heavy atom. The average molecular weight is 722 g/mol. The maximum absolute atomic E-state index is 6.36. The van der Waals surface area contributed by atoms with Crippen molar-refractivity contribution in [3.05, 3.63) is 122 Å². The molecule has 9 rings (SSSR count). The van der Waals surface area contributed by atoms with Crippen molar-refractivity contribution in [1.82, 2.24) is 28.7 Å². The first kappa shape index (κ1) is 24.6. The number of rotatable bonds is 3. The molecule has 0 aliphatic heterocycles. The molecule has 0 amide bonds. The van der Waals surface area contributed by atoms with E-state index in [1.165, 1.54) is 0 Å². The molecule has 200 valence electrons. The molecule has 5 aromatic heterocycles. The number of imidazole rings is 2. The van der Waals surface area contributed by atoms with E-state index in [1.54, 1.807) is 18.6 Å². The maximum Gasteiger partial charge on any atom is 2.00 e. The van der Waals surface area contributed by atoms with Gasteiger partial charge in [0.2, 0.25) is 0 Å². The summed E-state index contributed by atoms with van der Waals surface area (Å²) in [5, 5.41) is 4.84. The number of nitrogens with zero attached hydrogens (tertiary/aromatic N) is 6. The molecule has 0 fully saturated rings. The molecule has 0 aliphatic carbocycles. The van der Waals surface area contributed by atoms with Crippen LogP contribution in [0.25, 0.3) is 66.0 Å². The molecule has 0 radical (unpaired) electrons. The van der Waals surface area contributed by atoms with Crippen molar-refractivity contribution >= 4 is 54.9 Å². The van der Waals surface area contributed by atoms with E-state index in [4.69, 9.17) is 9.72 Å². The summed E-state index contributed by atoms with van der Waals surface area (Å²) in [6.07, 6.45) is 10.8. The second-order valence-corrected chi connectivity index (χ2v) is 9.86. The molecule has 7 nitrogen and oxygen atoms in total. The first-order valence-electron chi connectivity index (χ1n) is 13.2. The molecule has 0 atom stereocenters. The SMILES string of the molecule is [Pt+2].[c-]1c(Oc2[c-]c3c(cc2)c2nccnc2n2ccnc32)ccc2c1c1nccn1c1cccc(-c3ccccc3)c21. The number of hydrogen-bond acceptors (Lipinski definition) is 5. The number of ether oxygens (including phenoxy) is 1. The maximum atomic E-state index is 6.36. The van der Waals surface area contributed by atoms with E-state index >= 15 is 0 Å². The van der Waals surface area contributed by atoms with Gasteiger partial charge in [0.25, 0.3) is 0 Å². The van der Waals surface area contributed by atoms with Crippen molar-refractivity contribution in [3.8, 4) is 22.6 Å². The van der Waals surface area contributed by atoms with Crippen molar-refractivity contribution in [1.29, 1.82) is 0 Å². The first-order chi connectivity index (χ1) is 20.3. The fraction of sp³-hybridized carbons (Fsp3) is 0. The Morgan fingerprint density at radius 1 is 0.571 bits per heavy atom. The van der Waals surface area contributed by atoms with Crippen molar-refractivity contribution in [3.63, 3.8) is 0 Å². The second-order valence-electron chi connectivity index (χ2n) is 9.86. The van der Waals surface area contributed by atoms with E-state index < -0.39 is 0 Å². The Morgan fingerprint density at radius 3 is 2.05 bits per heavy atom. The summed E-state index contributed by atoms with van der Waals surface area (Å²) < 4.78 is 10.4. The summed E-state index contributed by atoms with van der Waals surface area (Å²) in [6, 6.07) is 31.7. The first-order valence-corrected chi connectivity index (χ1v) is 13.2. The van der Waals surface area contributed by atoms with Crippen molar-refractivity contribution in [2.24, 2.45) is 0 Å². The molecular formula is C34H18N6OPt. The van der Waals surface area contributed by atoms with Gasteiger partial charge in [0, 0.05) is 54.2 Å². The van der Waals surface area contributed by atoms with Crippen LogP contribution in [0.5, 0.6) is 11.5 Å². The number of aromatic nitrogens is 6. The van der Waals surface area contributed by atoms with Crippen molar-refractivity contribution in [2.75, 3.05) is 0 Å². The summed E-state index contributed by atoms with van der Waals surface area (Å²) in [5.41, 5.74) is 6.53. The van der Waals surface area contributed by atoms with E-state index in [0.717, 1.165) is 66.0 Å². The number of fused-ring (bicyclic) bond motifs is 12. The van der Waals surface area contributed by atoms with Gasteiger partial charge >= 0.3 is 21.1 Å². The third kappa shape index (κ3) is 3.57. The van der Waals surface area contributed by atoms with Crippen LogP contribution in [0.4, 0.5) is 0 Å². The van der Waals surface area contributed by atoms with Crippen LogP contribution < -0.4 is 4.74 Å². The van der Waals surface area contributed by atoms with E-state index in [0.29, 0.717) is 11.5 Å². The van der Waals surface area contributed by atoms with Crippen LogP contribution in [-0.2, 0) is 21.1 Å². The quantitative estimate of drug-likeness (QED) is 0.140. The molecule has 9 aromatic rings. The summed E-state index contributed by atoms with van der Waals surface area (Å²) in [7, 11) is 0. The van der Waals surface area contributed by atoms with Gasteiger partial charge in [0.05, 0.1) is 16.8 Å². The molecule has 0 aliphatic rings. The van der Waals surface area contributed by atoms with Crippen LogP contribution in [0.1, 0.15) is 0 Å². The van der Waals surface area contributed by atoms with Gasteiger partial charge in [-0.1, -0.05) is 88.3 Å². The summed E-state index contributed by atoms with van der Waals surface area (Å²) in [5.74, 6) is 1.14. The summed E-state index contributed by atoms with van der Waals surface area (Å²) >= 11 is 0. The molecule has 0 saturated carbocycles. The number of pyridine rings is 2. The topological polar surface area (TPSA) is 69.6 Å². The Kier molecular flexibility index (Phi) is 5.56. The Balaban J connectivity index is 0.00000267. The molecule has 0 spiro atoms. The predicted octanol–water partition coefficient (Wildman–Crippen LogP) is 7.44. The summed E-state index contributed by atoms with van der Waals surface area (Å²) in [4.78, 5) is 18.4. The Hall–Kier alpha value is -5.13. The van der Waals surface area contributed by atoms with Gasteiger partial charge in [-0.15, -0.1) is 12.1 Å². The minimum absolute atomic E-state index is 0. The normalized spacial score (nSPS) is 11.6. The molecule has 0 unspecified atom stereocenters. The van der Waals surface area contributed by atoms with Gasteiger partial charge in [0.15, 0.2) is 0 Å². The number of benzene rings is 4. The van der Waals surface area contributed by atoms with E-state index in [2.05, 4.69) is 80.0 Å². The minimum Gasteiger partial charge on any atom is -0.497 e. The van der Waals surface area contributed by atoms with Crippen LogP contribution in [0, 0.1) is 12.1 Å². The van der Waals surface area contributed by atoms with Gasteiger partial charge in [-0.05, 0) is 22.6 Å². The molecule has 5 heterocycles. The molecule has 42 heavy (non-hydrogen) atoms. The molecule has 8 heteroatoms. The fourth-order valence-corrected chi connectivity index (χ4v) is 5.87. The van der Waals surface area contributed by atoms with E-state index in [9.17, 15) is 0 Å².